The van der Waals surface area contributed by atoms with Gasteiger partial charge in [-0.3, -0.25) is 9.59 Å². The van der Waals surface area contributed by atoms with Crippen LogP contribution in [-0.4, -0.2) is 11.8 Å². The Hall–Kier alpha value is -3.44. The van der Waals surface area contributed by atoms with Gasteiger partial charge >= 0.3 is 0 Å². The van der Waals surface area contributed by atoms with Gasteiger partial charge in [-0.2, -0.15) is 0 Å². The topological polar surface area (TPSA) is 58.2 Å². The number of anilines is 2. The molecule has 0 aliphatic rings. The van der Waals surface area contributed by atoms with Crippen LogP contribution in [0.5, 0.6) is 0 Å². The second-order valence-electron chi connectivity index (χ2n) is 5.99. The summed E-state index contributed by atoms with van der Waals surface area (Å²) in [5, 5.41) is 9.53. The standard InChI is InChI=1S/C22H16N2O2S/c25-21(19-11-3-7-15-6-1-2-10-18(15)19)23-16-8-4-9-17(14-16)24-22(26)20-12-5-13-27-20/h1-14H,(H,23,25)(H,24,26). The molecule has 1 aromatic heterocycles. The van der Waals surface area contributed by atoms with Crippen molar-refractivity contribution in [2.75, 3.05) is 10.6 Å². The molecule has 1 heterocycles. The average molecular weight is 372 g/mol. The van der Waals surface area contributed by atoms with E-state index in [4.69, 9.17) is 0 Å². The molecule has 4 nitrogen and oxygen atoms in total. The Labute approximate surface area is 160 Å². The average Bonchev–Trinajstić information content (AvgIpc) is 3.23. The molecule has 2 amide bonds. The molecule has 0 unspecified atom stereocenters. The molecule has 0 spiro atoms. The van der Waals surface area contributed by atoms with Gasteiger partial charge in [-0.1, -0.05) is 48.5 Å². The Bertz CT molecular complexity index is 1110. The van der Waals surface area contributed by atoms with Crippen molar-refractivity contribution < 1.29 is 9.59 Å². The number of rotatable bonds is 4. The third-order valence-electron chi connectivity index (χ3n) is 4.16. The predicted molar refractivity (Wildman–Crippen MR) is 111 cm³/mol. The summed E-state index contributed by atoms with van der Waals surface area (Å²) in [5.74, 6) is -0.351. The minimum Gasteiger partial charge on any atom is -0.322 e. The summed E-state index contributed by atoms with van der Waals surface area (Å²) in [7, 11) is 0. The maximum Gasteiger partial charge on any atom is 0.265 e. The molecule has 4 rings (SSSR count). The fraction of sp³-hybridized carbons (Fsp3) is 0. The van der Waals surface area contributed by atoms with Gasteiger partial charge in [-0.25, -0.2) is 0 Å². The molecule has 3 aromatic carbocycles. The molecule has 0 saturated heterocycles. The predicted octanol–water partition coefficient (Wildman–Crippen LogP) is 5.41. The highest BCUT2D eigenvalue weighted by molar-refractivity contribution is 7.12. The number of carbonyl (C=O) groups is 2. The summed E-state index contributed by atoms with van der Waals surface area (Å²) in [5.41, 5.74) is 1.86. The quantitative estimate of drug-likeness (QED) is 0.503. The van der Waals surface area contributed by atoms with Crippen molar-refractivity contribution in [3.05, 3.63) is 94.7 Å². The van der Waals surface area contributed by atoms with Gasteiger partial charge in [0.25, 0.3) is 11.8 Å². The second kappa shape index (κ2) is 7.43. The number of thiophene rings is 1. The lowest BCUT2D eigenvalue weighted by Crippen LogP contribution is -2.13. The van der Waals surface area contributed by atoms with E-state index >= 15 is 0 Å². The number of nitrogens with one attached hydrogen (secondary N) is 2. The molecular weight excluding hydrogens is 356 g/mol. The molecule has 0 fully saturated rings. The van der Waals surface area contributed by atoms with Crippen molar-refractivity contribution in [2.24, 2.45) is 0 Å². The molecule has 4 aromatic rings. The van der Waals surface area contributed by atoms with Crippen molar-refractivity contribution in [3.8, 4) is 0 Å². The Balaban J connectivity index is 1.54. The first-order valence-corrected chi connectivity index (χ1v) is 9.33. The fourth-order valence-corrected chi connectivity index (χ4v) is 3.52. The van der Waals surface area contributed by atoms with Gasteiger partial charge in [-0.15, -0.1) is 11.3 Å². The second-order valence-corrected chi connectivity index (χ2v) is 6.94. The van der Waals surface area contributed by atoms with E-state index in [1.807, 2.05) is 47.8 Å². The maximum absolute atomic E-state index is 12.8. The Morgan fingerprint density at radius 3 is 2.19 bits per heavy atom. The Kier molecular flexibility index (Phi) is 4.68. The third kappa shape index (κ3) is 3.73. The molecule has 2 N–H and O–H groups in total. The number of amides is 2. The van der Waals surface area contributed by atoms with Gasteiger partial charge in [0, 0.05) is 16.9 Å². The lowest BCUT2D eigenvalue weighted by Gasteiger charge is -2.10. The molecule has 27 heavy (non-hydrogen) atoms. The van der Waals surface area contributed by atoms with Crippen LogP contribution in [0, 0.1) is 0 Å². The van der Waals surface area contributed by atoms with Crippen LogP contribution in [0.1, 0.15) is 20.0 Å². The first-order chi connectivity index (χ1) is 13.2. The summed E-state index contributed by atoms with van der Waals surface area (Å²) in [6, 6.07) is 24.2. The third-order valence-corrected chi connectivity index (χ3v) is 5.03. The van der Waals surface area contributed by atoms with Crippen LogP contribution in [0.2, 0.25) is 0 Å². The Morgan fingerprint density at radius 2 is 1.41 bits per heavy atom. The van der Waals surface area contributed by atoms with Crippen molar-refractivity contribution >= 4 is 45.3 Å². The minimum absolute atomic E-state index is 0.164. The summed E-state index contributed by atoms with van der Waals surface area (Å²) in [6.07, 6.45) is 0. The highest BCUT2D eigenvalue weighted by Crippen LogP contribution is 2.22. The number of benzene rings is 3. The van der Waals surface area contributed by atoms with Crippen LogP contribution in [0.4, 0.5) is 11.4 Å². The maximum atomic E-state index is 12.8. The Morgan fingerprint density at radius 1 is 0.704 bits per heavy atom. The van der Waals surface area contributed by atoms with E-state index in [0.717, 1.165) is 10.8 Å². The molecule has 0 atom stereocenters. The zero-order valence-electron chi connectivity index (χ0n) is 14.3. The molecule has 5 heteroatoms. The van der Waals surface area contributed by atoms with Gasteiger partial charge in [0.2, 0.25) is 0 Å². The number of carbonyl (C=O) groups excluding carboxylic acids is 2. The molecule has 0 aliphatic carbocycles. The number of hydrogen-bond acceptors (Lipinski definition) is 3. The summed E-state index contributed by atoms with van der Waals surface area (Å²) in [6.45, 7) is 0. The van der Waals surface area contributed by atoms with E-state index in [1.54, 1.807) is 36.4 Å². The highest BCUT2D eigenvalue weighted by atomic mass is 32.1. The zero-order valence-corrected chi connectivity index (χ0v) is 15.1. The summed E-state index contributed by atoms with van der Waals surface area (Å²) < 4.78 is 0. The largest absolute Gasteiger partial charge is 0.322 e. The van der Waals surface area contributed by atoms with Crippen molar-refractivity contribution in [2.45, 2.75) is 0 Å². The molecule has 132 valence electrons. The van der Waals surface area contributed by atoms with Gasteiger partial charge < -0.3 is 10.6 Å². The van der Waals surface area contributed by atoms with E-state index in [1.165, 1.54) is 11.3 Å². The van der Waals surface area contributed by atoms with Gasteiger partial charge in [0.05, 0.1) is 4.88 Å². The molecule has 0 radical (unpaired) electrons. The van der Waals surface area contributed by atoms with Crippen LogP contribution in [0.3, 0.4) is 0 Å². The fourth-order valence-electron chi connectivity index (χ4n) is 2.90. The molecule has 0 bridgehead atoms. The van der Waals surface area contributed by atoms with Crippen molar-refractivity contribution in [3.63, 3.8) is 0 Å². The van der Waals surface area contributed by atoms with Gasteiger partial charge in [0.15, 0.2) is 0 Å². The smallest absolute Gasteiger partial charge is 0.265 e. The summed E-state index contributed by atoms with van der Waals surface area (Å²) in [4.78, 5) is 25.6. The normalized spacial score (nSPS) is 10.5. The first-order valence-electron chi connectivity index (χ1n) is 8.45. The number of hydrogen-bond donors (Lipinski definition) is 2. The van der Waals surface area contributed by atoms with Gasteiger partial charge in [0.1, 0.15) is 0 Å². The van der Waals surface area contributed by atoms with E-state index in [2.05, 4.69) is 10.6 Å². The van der Waals surface area contributed by atoms with E-state index in [0.29, 0.717) is 21.8 Å². The first kappa shape index (κ1) is 17.0. The lowest BCUT2D eigenvalue weighted by molar-refractivity contribution is 0.102. The summed E-state index contributed by atoms with van der Waals surface area (Å²) >= 11 is 1.38. The van der Waals surface area contributed by atoms with Crippen LogP contribution >= 0.6 is 11.3 Å². The van der Waals surface area contributed by atoms with Crippen LogP contribution < -0.4 is 10.6 Å². The van der Waals surface area contributed by atoms with E-state index < -0.39 is 0 Å². The van der Waals surface area contributed by atoms with Gasteiger partial charge in [-0.05, 0) is 46.5 Å². The van der Waals surface area contributed by atoms with Crippen LogP contribution in [0.15, 0.2) is 84.2 Å². The number of fused-ring (bicyclic) bond motifs is 1. The highest BCUT2D eigenvalue weighted by Gasteiger charge is 2.11. The van der Waals surface area contributed by atoms with E-state index in [-0.39, 0.29) is 11.8 Å². The minimum atomic E-state index is -0.187. The van der Waals surface area contributed by atoms with Crippen LogP contribution in [0.25, 0.3) is 10.8 Å². The molecule has 0 aliphatic heterocycles. The SMILES string of the molecule is O=C(Nc1cccc(NC(=O)c2cccc3ccccc23)c1)c1cccs1. The van der Waals surface area contributed by atoms with E-state index in [9.17, 15) is 9.59 Å². The zero-order chi connectivity index (χ0) is 18.6. The molecular formula is C22H16N2O2S. The van der Waals surface area contributed by atoms with Crippen molar-refractivity contribution in [1.82, 2.24) is 0 Å². The van der Waals surface area contributed by atoms with Crippen LogP contribution in [-0.2, 0) is 0 Å². The lowest BCUT2D eigenvalue weighted by atomic mass is 10.0. The molecule has 0 saturated carbocycles. The van der Waals surface area contributed by atoms with Crippen molar-refractivity contribution in [1.29, 1.82) is 0 Å². The monoisotopic (exact) mass is 372 g/mol.